The highest BCUT2D eigenvalue weighted by molar-refractivity contribution is 5.73. The number of rotatable bonds is 2. The molecule has 0 saturated heterocycles. The quantitative estimate of drug-likeness (QED) is 0.745. The van der Waals surface area contributed by atoms with Gasteiger partial charge in [-0.2, -0.15) is 0 Å². The maximum absolute atomic E-state index is 4.44. The zero-order valence-electron chi connectivity index (χ0n) is 7.49. The Labute approximate surface area is 76.8 Å². The molecule has 0 fully saturated rings. The highest BCUT2D eigenvalue weighted by Gasteiger charge is 1.96. The van der Waals surface area contributed by atoms with Crippen molar-refractivity contribution in [1.82, 2.24) is 15.3 Å². The fraction of sp³-hybridized carbons (Fsp3) is 0.200. The molecule has 13 heavy (non-hydrogen) atoms. The molecule has 0 unspecified atom stereocenters. The molecule has 1 N–H and O–H groups in total. The van der Waals surface area contributed by atoms with Gasteiger partial charge in [-0.15, -0.1) is 0 Å². The van der Waals surface area contributed by atoms with E-state index in [2.05, 4.69) is 15.3 Å². The molecule has 1 aromatic carbocycles. The normalized spacial score (nSPS) is 10.5. The first-order chi connectivity index (χ1) is 6.40. The van der Waals surface area contributed by atoms with Crippen LogP contribution in [0.5, 0.6) is 0 Å². The van der Waals surface area contributed by atoms with E-state index in [0.717, 1.165) is 23.3 Å². The lowest BCUT2D eigenvalue weighted by atomic mass is 10.3. The summed E-state index contributed by atoms with van der Waals surface area (Å²) in [5, 5.41) is 3.05. The monoisotopic (exact) mass is 173 g/mol. The Bertz CT molecular complexity index is 412. The summed E-state index contributed by atoms with van der Waals surface area (Å²) < 4.78 is 0. The molecule has 0 amide bonds. The number of para-hydroxylation sites is 2. The van der Waals surface area contributed by atoms with Crippen LogP contribution in [-0.2, 0) is 6.54 Å². The van der Waals surface area contributed by atoms with E-state index in [1.807, 2.05) is 31.3 Å². The van der Waals surface area contributed by atoms with Crippen LogP contribution in [0.1, 0.15) is 5.69 Å². The summed E-state index contributed by atoms with van der Waals surface area (Å²) in [6.07, 6.45) is 1.80. The van der Waals surface area contributed by atoms with Crippen molar-refractivity contribution in [2.45, 2.75) is 6.54 Å². The molecule has 0 bridgehead atoms. The van der Waals surface area contributed by atoms with Crippen LogP contribution < -0.4 is 5.32 Å². The molecule has 0 atom stereocenters. The van der Waals surface area contributed by atoms with Crippen LogP contribution in [0.15, 0.2) is 30.5 Å². The number of fused-ring (bicyclic) bond motifs is 1. The van der Waals surface area contributed by atoms with Crippen molar-refractivity contribution in [1.29, 1.82) is 0 Å². The largest absolute Gasteiger partial charge is 0.314 e. The summed E-state index contributed by atoms with van der Waals surface area (Å²) in [7, 11) is 1.90. The van der Waals surface area contributed by atoms with Crippen LogP contribution in [-0.4, -0.2) is 17.0 Å². The predicted molar refractivity (Wildman–Crippen MR) is 52.3 cm³/mol. The summed E-state index contributed by atoms with van der Waals surface area (Å²) in [5.41, 5.74) is 2.87. The second-order valence-electron chi connectivity index (χ2n) is 2.88. The van der Waals surface area contributed by atoms with Gasteiger partial charge in [-0.3, -0.25) is 4.98 Å². The van der Waals surface area contributed by atoms with Gasteiger partial charge in [0, 0.05) is 6.54 Å². The molecule has 0 spiro atoms. The molecular weight excluding hydrogens is 162 g/mol. The van der Waals surface area contributed by atoms with E-state index in [1.165, 1.54) is 0 Å². The SMILES string of the molecule is CNCc1cnc2ccccc2n1. The summed E-state index contributed by atoms with van der Waals surface area (Å²) in [6, 6.07) is 7.88. The molecular formula is C10H11N3. The molecule has 0 aliphatic carbocycles. The standard InChI is InChI=1S/C10H11N3/c1-11-6-8-7-12-9-4-2-3-5-10(9)13-8/h2-5,7,11H,6H2,1H3. The lowest BCUT2D eigenvalue weighted by Crippen LogP contribution is -2.07. The summed E-state index contributed by atoms with van der Waals surface area (Å²) in [4.78, 5) is 8.74. The Morgan fingerprint density at radius 3 is 2.77 bits per heavy atom. The molecule has 2 aromatic rings. The van der Waals surface area contributed by atoms with Crippen molar-refractivity contribution >= 4 is 11.0 Å². The molecule has 66 valence electrons. The van der Waals surface area contributed by atoms with Crippen molar-refractivity contribution in [2.75, 3.05) is 7.05 Å². The smallest absolute Gasteiger partial charge is 0.0890 e. The minimum atomic E-state index is 0.762. The van der Waals surface area contributed by atoms with Gasteiger partial charge >= 0.3 is 0 Å². The van der Waals surface area contributed by atoms with Crippen LogP contribution in [0.2, 0.25) is 0 Å². The third-order valence-corrected chi connectivity index (χ3v) is 1.86. The molecule has 0 aliphatic heterocycles. The van der Waals surface area contributed by atoms with E-state index in [0.29, 0.717) is 0 Å². The van der Waals surface area contributed by atoms with Crippen molar-refractivity contribution in [3.05, 3.63) is 36.2 Å². The van der Waals surface area contributed by atoms with Gasteiger partial charge in [-0.25, -0.2) is 4.98 Å². The van der Waals surface area contributed by atoms with E-state index < -0.39 is 0 Å². The van der Waals surface area contributed by atoms with Gasteiger partial charge in [0.15, 0.2) is 0 Å². The van der Waals surface area contributed by atoms with Gasteiger partial charge in [-0.05, 0) is 19.2 Å². The van der Waals surface area contributed by atoms with Gasteiger partial charge in [0.25, 0.3) is 0 Å². The Morgan fingerprint density at radius 1 is 1.23 bits per heavy atom. The summed E-state index contributed by atoms with van der Waals surface area (Å²) in [5.74, 6) is 0. The average Bonchev–Trinajstić information content (AvgIpc) is 2.18. The fourth-order valence-corrected chi connectivity index (χ4v) is 1.26. The Morgan fingerprint density at radius 2 is 2.00 bits per heavy atom. The minimum Gasteiger partial charge on any atom is -0.314 e. The number of hydrogen-bond acceptors (Lipinski definition) is 3. The van der Waals surface area contributed by atoms with E-state index in [9.17, 15) is 0 Å². The highest BCUT2D eigenvalue weighted by atomic mass is 14.9. The second-order valence-corrected chi connectivity index (χ2v) is 2.88. The van der Waals surface area contributed by atoms with Crippen LogP contribution >= 0.6 is 0 Å². The van der Waals surface area contributed by atoms with Gasteiger partial charge in [0.2, 0.25) is 0 Å². The zero-order chi connectivity index (χ0) is 9.10. The number of aromatic nitrogens is 2. The summed E-state index contributed by atoms with van der Waals surface area (Å²) in [6.45, 7) is 0.762. The first kappa shape index (κ1) is 8.13. The Kier molecular flexibility index (Phi) is 2.19. The van der Waals surface area contributed by atoms with Crippen LogP contribution in [0.3, 0.4) is 0 Å². The first-order valence-electron chi connectivity index (χ1n) is 4.25. The van der Waals surface area contributed by atoms with Gasteiger partial charge in [0.1, 0.15) is 0 Å². The number of benzene rings is 1. The molecule has 2 rings (SSSR count). The molecule has 1 aromatic heterocycles. The van der Waals surface area contributed by atoms with E-state index in [4.69, 9.17) is 0 Å². The summed E-state index contributed by atoms with van der Waals surface area (Å²) >= 11 is 0. The van der Waals surface area contributed by atoms with Crippen molar-refractivity contribution in [2.24, 2.45) is 0 Å². The van der Waals surface area contributed by atoms with Crippen LogP contribution in [0, 0.1) is 0 Å². The Balaban J connectivity index is 2.49. The third kappa shape index (κ3) is 1.65. The fourth-order valence-electron chi connectivity index (χ4n) is 1.26. The lowest BCUT2D eigenvalue weighted by Gasteiger charge is -2.00. The number of nitrogens with one attached hydrogen (secondary N) is 1. The van der Waals surface area contributed by atoms with Gasteiger partial charge in [-0.1, -0.05) is 12.1 Å². The molecule has 3 nitrogen and oxygen atoms in total. The van der Waals surface area contributed by atoms with Crippen LogP contribution in [0.4, 0.5) is 0 Å². The highest BCUT2D eigenvalue weighted by Crippen LogP contribution is 2.07. The molecule has 0 aliphatic rings. The molecule has 3 heteroatoms. The molecule has 0 radical (unpaired) electrons. The lowest BCUT2D eigenvalue weighted by molar-refractivity contribution is 0.790. The van der Waals surface area contributed by atoms with Crippen LogP contribution in [0.25, 0.3) is 11.0 Å². The van der Waals surface area contributed by atoms with Crippen molar-refractivity contribution < 1.29 is 0 Å². The van der Waals surface area contributed by atoms with Crippen molar-refractivity contribution in [3.63, 3.8) is 0 Å². The number of nitrogens with zero attached hydrogens (tertiary/aromatic N) is 2. The molecule has 0 saturated carbocycles. The molecule has 1 heterocycles. The van der Waals surface area contributed by atoms with E-state index in [-0.39, 0.29) is 0 Å². The zero-order valence-corrected chi connectivity index (χ0v) is 7.49. The topological polar surface area (TPSA) is 37.8 Å². The maximum Gasteiger partial charge on any atom is 0.0890 e. The maximum atomic E-state index is 4.44. The first-order valence-corrected chi connectivity index (χ1v) is 4.25. The van der Waals surface area contributed by atoms with E-state index in [1.54, 1.807) is 6.20 Å². The Hall–Kier alpha value is -1.48. The second kappa shape index (κ2) is 3.49. The third-order valence-electron chi connectivity index (χ3n) is 1.86. The van der Waals surface area contributed by atoms with Gasteiger partial charge in [0.05, 0.1) is 22.9 Å². The van der Waals surface area contributed by atoms with Crippen molar-refractivity contribution in [3.8, 4) is 0 Å². The predicted octanol–water partition coefficient (Wildman–Crippen LogP) is 1.35. The van der Waals surface area contributed by atoms with Gasteiger partial charge < -0.3 is 5.32 Å². The average molecular weight is 173 g/mol. The van der Waals surface area contributed by atoms with E-state index >= 15 is 0 Å². The minimum absolute atomic E-state index is 0.762. The number of hydrogen-bond donors (Lipinski definition) is 1.